The van der Waals surface area contributed by atoms with E-state index in [1.165, 1.54) is 9.13 Å². The molecular weight excluding hydrogens is 548 g/mol. The van der Waals surface area contributed by atoms with E-state index < -0.39 is 12.1 Å². The topological polar surface area (TPSA) is 129 Å². The molecule has 0 spiro atoms. The monoisotopic (exact) mass is 596 g/mol. The Morgan fingerprint density at radius 3 is 2.19 bits per heavy atom. The van der Waals surface area contributed by atoms with E-state index in [0.717, 1.165) is 63.4 Å². The molecule has 0 saturated carbocycles. The second-order valence-electron chi connectivity index (χ2n) is 11.7. The van der Waals surface area contributed by atoms with Crippen LogP contribution in [0.3, 0.4) is 0 Å². The molecule has 0 fully saturated rings. The van der Waals surface area contributed by atoms with Crippen LogP contribution < -0.4 is 21.9 Å². The highest BCUT2D eigenvalue weighted by molar-refractivity contribution is 5.85. The second kappa shape index (κ2) is 17.3. The Bertz CT molecular complexity index is 1430. The Balaban J connectivity index is 1.24. The van der Waals surface area contributed by atoms with E-state index in [1.807, 2.05) is 44.2 Å². The maximum Gasteiger partial charge on any atom is 0.408 e. The number of benzene rings is 1. The van der Waals surface area contributed by atoms with Crippen molar-refractivity contribution >= 4 is 23.2 Å². The Morgan fingerprint density at radius 1 is 0.907 bits per heavy atom. The van der Waals surface area contributed by atoms with Gasteiger partial charge in [0.15, 0.2) is 11.2 Å². The molecule has 1 aromatic carbocycles. The van der Waals surface area contributed by atoms with E-state index in [9.17, 15) is 19.2 Å². The maximum absolute atomic E-state index is 12.8. The van der Waals surface area contributed by atoms with Crippen LogP contribution in [0.4, 0.5) is 4.79 Å². The first-order valence-corrected chi connectivity index (χ1v) is 15.5. The third-order valence-corrected chi connectivity index (χ3v) is 7.59. The highest BCUT2D eigenvalue weighted by Gasteiger charge is 2.22. The van der Waals surface area contributed by atoms with Gasteiger partial charge in [-0.05, 0) is 30.7 Å². The molecule has 2 amide bonds. The molecule has 2 heterocycles. The predicted octanol–water partition coefficient (Wildman–Crippen LogP) is 4.40. The number of amides is 2. The van der Waals surface area contributed by atoms with Gasteiger partial charge in [0.05, 0.1) is 6.33 Å². The average molecular weight is 597 g/mol. The molecule has 0 aliphatic heterocycles. The quantitative estimate of drug-likeness (QED) is 0.210. The number of hydrogen-bond acceptors (Lipinski definition) is 6. The summed E-state index contributed by atoms with van der Waals surface area (Å²) in [7, 11) is 3.41. The van der Waals surface area contributed by atoms with Crippen LogP contribution in [0.2, 0.25) is 0 Å². The van der Waals surface area contributed by atoms with Crippen LogP contribution >= 0.6 is 0 Å². The number of ether oxygens (including phenoxy) is 1. The summed E-state index contributed by atoms with van der Waals surface area (Å²) in [4.78, 5) is 54.5. The second-order valence-corrected chi connectivity index (χ2v) is 11.7. The van der Waals surface area contributed by atoms with Crippen LogP contribution in [0.1, 0.15) is 83.6 Å². The minimum Gasteiger partial charge on any atom is -0.445 e. The van der Waals surface area contributed by atoms with E-state index in [-0.39, 0.29) is 29.7 Å². The molecule has 11 heteroatoms. The van der Waals surface area contributed by atoms with E-state index in [0.29, 0.717) is 30.7 Å². The zero-order valence-corrected chi connectivity index (χ0v) is 26.1. The summed E-state index contributed by atoms with van der Waals surface area (Å²) < 4.78 is 9.71. The van der Waals surface area contributed by atoms with Crippen molar-refractivity contribution in [2.24, 2.45) is 20.0 Å². The number of unbranched alkanes of at least 4 members (excludes halogenated alkanes) is 8. The molecule has 3 rings (SSSR count). The fraction of sp³-hybridized carbons (Fsp3) is 0.594. The normalized spacial score (nSPS) is 12.0. The standard InChI is InChI=1S/C32H48N6O5/c1-24(2)21-26(35-31(41)43-22-25-17-13-12-14-18-25)29(39)33-19-15-10-8-6-5-7-9-11-16-20-38-30(40)27-28(34-23-36(27)3)37(4)32(38)42/h12-14,17-18,23-24,26H,5-11,15-16,19-22H2,1-4H3,(H,33,39)(H,35,41). The first-order chi connectivity index (χ1) is 20.7. The highest BCUT2D eigenvalue weighted by Crippen LogP contribution is 2.11. The van der Waals surface area contributed by atoms with Crippen LogP contribution in [0.5, 0.6) is 0 Å². The van der Waals surface area contributed by atoms with Gasteiger partial charge in [0, 0.05) is 27.2 Å². The summed E-state index contributed by atoms with van der Waals surface area (Å²) in [5, 5.41) is 5.69. The first kappa shape index (κ1) is 33.6. The zero-order chi connectivity index (χ0) is 31.2. The Hall–Kier alpha value is -3.89. The number of nitrogens with one attached hydrogen (secondary N) is 2. The lowest BCUT2D eigenvalue weighted by Crippen LogP contribution is -2.47. The summed E-state index contributed by atoms with van der Waals surface area (Å²) in [5.41, 5.74) is 1.17. The Morgan fingerprint density at radius 2 is 1.53 bits per heavy atom. The lowest BCUT2D eigenvalue weighted by atomic mass is 10.0. The van der Waals surface area contributed by atoms with Gasteiger partial charge in [-0.25, -0.2) is 14.6 Å². The van der Waals surface area contributed by atoms with Crippen molar-refractivity contribution in [3.05, 3.63) is 63.1 Å². The fourth-order valence-electron chi connectivity index (χ4n) is 5.17. The molecule has 0 aliphatic rings. The third kappa shape index (κ3) is 10.4. The lowest BCUT2D eigenvalue weighted by molar-refractivity contribution is -0.123. The van der Waals surface area contributed by atoms with Crippen molar-refractivity contribution in [1.29, 1.82) is 0 Å². The SMILES string of the molecule is CC(C)CC(NC(=O)OCc1ccccc1)C(=O)NCCCCCCCCCCCn1c(=O)c2c(ncn2C)n(C)c1=O. The van der Waals surface area contributed by atoms with Crippen LogP contribution in [-0.2, 0) is 36.8 Å². The van der Waals surface area contributed by atoms with Crippen molar-refractivity contribution < 1.29 is 14.3 Å². The Labute approximate surface area is 253 Å². The van der Waals surface area contributed by atoms with Gasteiger partial charge in [0.2, 0.25) is 5.91 Å². The molecular formula is C32H48N6O5. The molecule has 1 atom stereocenters. The molecule has 0 bridgehead atoms. The van der Waals surface area contributed by atoms with Crippen molar-refractivity contribution in [3.63, 3.8) is 0 Å². The van der Waals surface area contributed by atoms with Crippen molar-refractivity contribution in [1.82, 2.24) is 29.3 Å². The lowest BCUT2D eigenvalue weighted by Gasteiger charge is -2.20. The Kier molecular flexibility index (Phi) is 13.5. The summed E-state index contributed by atoms with van der Waals surface area (Å²) in [6, 6.07) is 8.82. The van der Waals surface area contributed by atoms with Crippen molar-refractivity contribution in [3.8, 4) is 0 Å². The fourth-order valence-corrected chi connectivity index (χ4v) is 5.17. The van der Waals surface area contributed by atoms with Gasteiger partial charge in [0.1, 0.15) is 12.6 Å². The molecule has 43 heavy (non-hydrogen) atoms. The predicted molar refractivity (Wildman–Crippen MR) is 168 cm³/mol. The van der Waals surface area contributed by atoms with Gasteiger partial charge >= 0.3 is 11.8 Å². The van der Waals surface area contributed by atoms with Crippen LogP contribution in [0, 0.1) is 5.92 Å². The van der Waals surface area contributed by atoms with E-state index in [2.05, 4.69) is 15.6 Å². The van der Waals surface area contributed by atoms with E-state index >= 15 is 0 Å². The van der Waals surface area contributed by atoms with Gasteiger partial charge < -0.3 is 19.9 Å². The van der Waals surface area contributed by atoms with Crippen molar-refractivity contribution in [2.45, 2.75) is 97.2 Å². The number of imidazole rings is 1. The number of fused-ring (bicyclic) bond motifs is 1. The smallest absolute Gasteiger partial charge is 0.408 e. The van der Waals surface area contributed by atoms with Gasteiger partial charge in [-0.2, -0.15) is 0 Å². The summed E-state index contributed by atoms with van der Waals surface area (Å²) in [6.07, 6.45) is 10.8. The number of alkyl carbamates (subject to hydrolysis) is 1. The zero-order valence-electron chi connectivity index (χ0n) is 26.1. The van der Waals surface area contributed by atoms with Crippen LogP contribution in [-0.4, -0.2) is 43.3 Å². The van der Waals surface area contributed by atoms with Gasteiger partial charge in [-0.3, -0.25) is 18.7 Å². The van der Waals surface area contributed by atoms with Gasteiger partial charge in [0.25, 0.3) is 5.56 Å². The van der Waals surface area contributed by atoms with Gasteiger partial charge in [-0.1, -0.05) is 89.1 Å². The molecule has 1 unspecified atom stereocenters. The average Bonchev–Trinajstić information content (AvgIpc) is 3.38. The molecule has 236 valence electrons. The minimum atomic E-state index is -0.622. The largest absolute Gasteiger partial charge is 0.445 e. The minimum absolute atomic E-state index is 0.161. The van der Waals surface area contributed by atoms with E-state index in [4.69, 9.17) is 4.74 Å². The summed E-state index contributed by atoms with van der Waals surface area (Å²) >= 11 is 0. The number of rotatable bonds is 18. The number of nitrogens with zero attached hydrogens (tertiary/aromatic N) is 4. The maximum atomic E-state index is 12.8. The number of carbonyl (C=O) groups is 2. The first-order valence-electron chi connectivity index (χ1n) is 15.5. The van der Waals surface area contributed by atoms with E-state index in [1.54, 1.807) is 25.0 Å². The molecule has 0 radical (unpaired) electrons. The molecule has 11 nitrogen and oxygen atoms in total. The molecule has 0 aliphatic carbocycles. The molecule has 2 aromatic heterocycles. The number of carbonyl (C=O) groups excluding carboxylic acids is 2. The molecule has 0 saturated heterocycles. The number of aryl methyl sites for hydroxylation is 2. The highest BCUT2D eigenvalue weighted by atomic mass is 16.5. The molecule has 2 N–H and O–H groups in total. The van der Waals surface area contributed by atoms with Gasteiger partial charge in [-0.15, -0.1) is 0 Å². The molecule has 3 aromatic rings. The van der Waals surface area contributed by atoms with Crippen molar-refractivity contribution in [2.75, 3.05) is 6.54 Å². The summed E-state index contributed by atoms with van der Waals surface area (Å²) in [6.45, 7) is 5.19. The van der Waals surface area contributed by atoms with Crippen LogP contribution in [0.25, 0.3) is 11.2 Å². The summed E-state index contributed by atoms with van der Waals surface area (Å²) in [5.74, 6) is 0.0715. The van der Waals surface area contributed by atoms with Crippen LogP contribution in [0.15, 0.2) is 46.2 Å². The number of aromatic nitrogens is 4. The number of hydrogen-bond donors (Lipinski definition) is 2. The third-order valence-electron chi connectivity index (χ3n) is 7.59.